The van der Waals surface area contributed by atoms with E-state index in [1.165, 1.54) is 43.6 Å². The molecule has 0 amide bonds. The second-order valence-corrected chi connectivity index (χ2v) is 5.53. The van der Waals surface area contributed by atoms with E-state index in [9.17, 15) is 0 Å². The monoisotopic (exact) mass is 184 g/mol. The Labute approximate surface area is 80.5 Å². The Morgan fingerprint density at radius 3 is 2.17 bits per heavy atom. The van der Waals surface area contributed by atoms with Gasteiger partial charge >= 0.3 is 0 Å². The standard InChI is InChI=1S/C11H20S/c1-2-5-10(6-3-1)11-7-4-8-12-9-11/h10-11H,1-9H2. The number of rotatable bonds is 1. The molecule has 0 bridgehead atoms. The molecule has 2 aliphatic rings. The lowest BCUT2D eigenvalue weighted by Gasteiger charge is -2.32. The van der Waals surface area contributed by atoms with Crippen LogP contribution in [-0.4, -0.2) is 11.5 Å². The van der Waals surface area contributed by atoms with Gasteiger partial charge in [0.15, 0.2) is 0 Å². The molecule has 1 atom stereocenters. The summed E-state index contributed by atoms with van der Waals surface area (Å²) < 4.78 is 0. The molecule has 0 nitrogen and oxygen atoms in total. The van der Waals surface area contributed by atoms with E-state index < -0.39 is 0 Å². The van der Waals surface area contributed by atoms with Gasteiger partial charge in [0, 0.05) is 0 Å². The molecule has 1 heteroatoms. The van der Waals surface area contributed by atoms with Crippen molar-refractivity contribution in [1.29, 1.82) is 0 Å². The Morgan fingerprint density at radius 2 is 1.50 bits per heavy atom. The first kappa shape index (κ1) is 8.93. The predicted molar refractivity (Wildman–Crippen MR) is 56.6 cm³/mol. The van der Waals surface area contributed by atoms with Gasteiger partial charge < -0.3 is 0 Å². The van der Waals surface area contributed by atoms with Crippen molar-refractivity contribution < 1.29 is 0 Å². The van der Waals surface area contributed by atoms with Crippen molar-refractivity contribution in [3.8, 4) is 0 Å². The Balaban J connectivity index is 1.80. The molecule has 0 spiro atoms. The minimum atomic E-state index is 1.10. The van der Waals surface area contributed by atoms with Crippen LogP contribution in [0.25, 0.3) is 0 Å². The smallest absolute Gasteiger partial charge is 0.00365 e. The predicted octanol–water partition coefficient (Wildman–Crippen LogP) is 3.71. The summed E-state index contributed by atoms with van der Waals surface area (Å²) in [6.07, 6.45) is 10.7. The lowest BCUT2D eigenvalue weighted by Crippen LogP contribution is -2.22. The van der Waals surface area contributed by atoms with Gasteiger partial charge in [0.25, 0.3) is 0 Å². The van der Waals surface area contributed by atoms with Crippen molar-refractivity contribution in [1.82, 2.24) is 0 Å². The van der Waals surface area contributed by atoms with E-state index in [0.29, 0.717) is 0 Å². The van der Waals surface area contributed by atoms with E-state index in [-0.39, 0.29) is 0 Å². The van der Waals surface area contributed by atoms with Crippen LogP contribution >= 0.6 is 11.8 Å². The zero-order valence-corrected chi connectivity index (χ0v) is 8.74. The molecular weight excluding hydrogens is 164 g/mol. The highest BCUT2D eigenvalue weighted by atomic mass is 32.2. The van der Waals surface area contributed by atoms with Crippen LogP contribution in [0.15, 0.2) is 0 Å². The van der Waals surface area contributed by atoms with Gasteiger partial charge in [-0.2, -0.15) is 11.8 Å². The average Bonchev–Trinajstić information content (AvgIpc) is 2.21. The lowest BCUT2D eigenvalue weighted by molar-refractivity contribution is 0.252. The SMILES string of the molecule is C1CCC(C2CCCSC2)CC1. The molecular formula is C11H20S. The van der Waals surface area contributed by atoms with E-state index in [0.717, 1.165) is 11.8 Å². The van der Waals surface area contributed by atoms with Gasteiger partial charge in [-0.15, -0.1) is 0 Å². The summed E-state index contributed by atoms with van der Waals surface area (Å²) in [6.45, 7) is 0. The first-order chi connectivity index (χ1) is 5.97. The normalized spacial score (nSPS) is 33.5. The van der Waals surface area contributed by atoms with Gasteiger partial charge in [0.05, 0.1) is 0 Å². The molecule has 1 saturated heterocycles. The fraction of sp³-hybridized carbons (Fsp3) is 1.00. The van der Waals surface area contributed by atoms with Crippen molar-refractivity contribution in [3.05, 3.63) is 0 Å². The van der Waals surface area contributed by atoms with E-state index in [2.05, 4.69) is 11.8 Å². The molecule has 0 N–H and O–H groups in total. The van der Waals surface area contributed by atoms with Crippen molar-refractivity contribution in [2.24, 2.45) is 11.8 Å². The zero-order valence-electron chi connectivity index (χ0n) is 7.93. The van der Waals surface area contributed by atoms with Crippen molar-refractivity contribution in [2.75, 3.05) is 11.5 Å². The van der Waals surface area contributed by atoms with E-state index in [1.54, 1.807) is 12.8 Å². The highest BCUT2D eigenvalue weighted by Gasteiger charge is 2.24. The van der Waals surface area contributed by atoms with Crippen LogP contribution in [-0.2, 0) is 0 Å². The maximum absolute atomic E-state index is 2.20. The molecule has 0 aromatic rings. The van der Waals surface area contributed by atoms with Crippen LogP contribution in [0, 0.1) is 11.8 Å². The van der Waals surface area contributed by atoms with Crippen molar-refractivity contribution in [3.63, 3.8) is 0 Å². The van der Waals surface area contributed by atoms with Gasteiger partial charge in [0.2, 0.25) is 0 Å². The summed E-state index contributed by atoms with van der Waals surface area (Å²) in [6, 6.07) is 0. The quantitative estimate of drug-likeness (QED) is 0.598. The molecule has 2 fully saturated rings. The number of thioether (sulfide) groups is 1. The van der Waals surface area contributed by atoms with Gasteiger partial charge in [-0.3, -0.25) is 0 Å². The summed E-state index contributed by atoms with van der Waals surface area (Å²) >= 11 is 2.20. The molecule has 70 valence electrons. The highest BCUT2D eigenvalue weighted by Crippen LogP contribution is 2.36. The zero-order chi connectivity index (χ0) is 8.23. The molecule has 1 heterocycles. The fourth-order valence-corrected chi connectivity index (χ4v) is 4.02. The Kier molecular flexibility index (Phi) is 3.38. The van der Waals surface area contributed by atoms with Gasteiger partial charge in [-0.25, -0.2) is 0 Å². The lowest BCUT2D eigenvalue weighted by atomic mass is 9.79. The first-order valence-electron chi connectivity index (χ1n) is 5.54. The van der Waals surface area contributed by atoms with Crippen LogP contribution < -0.4 is 0 Å². The number of hydrogen-bond acceptors (Lipinski definition) is 1. The minimum Gasteiger partial charge on any atom is -0.162 e. The Morgan fingerprint density at radius 1 is 0.750 bits per heavy atom. The van der Waals surface area contributed by atoms with E-state index >= 15 is 0 Å². The summed E-state index contributed by atoms with van der Waals surface area (Å²) in [4.78, 5) is 0. The topological polar surface area (TPSA) is 0 Å². The van der Waals surface area contributed by atoms with Crippen LogP contribution in [0.2, 0.25) is 0 Å². The van der Waals surface area contributed by atoms with Crippen LogP contribution in [0.4, 0.5) is 0 Å². The second-order valence-electron chi connectivity index (χ2n) is 4.38. The second kappa shape index (κ2) is 4.55. The molecule has 1 aliphatic heterocycles. The fourth-order valence-electron chi connectivity index (χ4n) is 2.74. The largest absolute Gasteiger partial charge is 0.162 e. The van der Waals surface area contributed by atoms with Crippen molar-refractivity contribution >= 4 is 11.8 Å². The third-order valence-corrected chi connectivity index (χ3v) is 4.75. The third-order valence-electron chi connectivity index (χ3n) is 3.51. The maximum Gasteiger partial charge on any atom is -0.00365 e. The highest BCUT2D eigenvalue weighted by molar-refractivity contribution is 7.99. The van der Waals surface area contributed by atoms with Crippen LogP contribution in [0.5, 0.6) is 0 Å². The Hall–Kier alpha value is 0.350. The van der Waals surface area contributed by atoms with Gasteiger partial charge in [-0.05, 0) is 36.2 Å². The summed E-state index contributed by atoms with van der Waals surface area (Å²) in [5.74, 6) is 5.13. The molecule has 1 aliphatic carbocycles. The Bertz CT molecular complexity index is 105. The maximum atomic E-state index is 2.20. The minimum absolute atomic E-state index is 1.10. The molecule has 1 saturated carbocycles. The number of hydrogen-bond donors (Lipinski definition) is 0. The molecule has 0 aromatic carbocycles. The van der Waals surface area contributed by atoms with Gasteiger partial charge in [0.1, 0.15) is 0 Å². The third kappa shape index (κ3) is 2.18. The van der Waals surface area contributed by atoms with Crippen LogP contribution in [0.1, 0.15) is 44.9 Å². The molecule has 0 aromatic heterocycles. The van der Waals surface area contributed by atoms with Crippen LogP contribution in [0.3, 0.4) is 0 Å². The first-order valence-corrected chi connectivity index (χ1v) is 6.70. The van der Waals surface area contributed by atoms with Crippen molar-refractivity contribution in [2.45, 2.75) is 44.9 Å². The summed E-state index contributed by atoms with van der Waals surface area (Å²) in [5.41, 5.74) is 0. The van der Waals surface area contributed by atoms with E-state index in [4.69, 9.17) is 0 Å². The molecule has 2 rings (SSSR count). The van der Waals surface area contributed by atoms with Gasteiger partial charge in [-0.1, -0.05) is 32.1 Å². The average molecular weight is 184 g/mol. The molecule has 1 unspecified atom stereocenters. The molecule has 0 radical (unpaired) electrons. The van der Waals surface area contributed by atoms with E-state index in [1.807, 2.05) is 0 Å². The molecule has 12 heavy (non-hydrogen) atoms. The summed E-state index contributed by atoms with van der Waals surface area (Å²) in [5, 5.41) is 0. The summed E-state index contributed by atoms with van der Waals surface area (Å²) in [7, 11) is 0.